The molecule has 0 spiro atoms. The molecule has 0 radical (unpaired) electrons. The highest BCUT2D eigenvalue weighted by Crippen LogP contribution is 2.20. The molecule has 1 aromatic carbocycles. The maximum atomic E-state index is 5.74. The SMILES string of the molecule is COC(Oc1ccc(C(C)C)cc1)C(C)C. The highest BCUT2D eigenvalue weighted by atomic mass is 16.7. The maximum absolute atomic E-state index is 5.74. The van der Waals surface area contributed by atoms with Crippen molar-refractivity contribution < 1.29 is 9.47 Å². The van der Waals surface area contributed by atoms with Gasteiger partial charge in [-0.1, -0.05) is 39.8 Å². The molecular formula is C14H22O2. The first-order chi connectivity index (χ1) is 7.54. The van der Waals surface area contributed by atoms with Crippen molar-refractivity contribution in [3.05, 3.63) is 29.8 Å². The van der Waals surface area contributed by atoms with Crippen LogP contribution in [0.1, 0.15) is 39.2 Å². The van der Waals surface area contributed by atoms with Gasteiger partial charge in [0.25, 0.3) is 0 Å². The molecule has 0 saturated carbocycles. The van der Waals surface area contributed by atoms with E-state index in [-0.39, 0.29) is 6.29 Å². The smallest absolute Gasteiger partial charge is 0.201 e. The van der Waals surface area contributed by atoms with Gasteiger partial charge in [0.1, 0.15) is 5.75 Å². The lowest BCUT2D eigenvalue weighted by atomic mass is 10.0. The van der Waals surface area contributed by atoms with Crippen LogP contribution < -0.4 is 4.74 Å². The summed E-state index contributed by atoms with van der Waals surface area (Å²) in [6, 6.07) is 8.22. The van der Waals surface area contributed by atoms with Crippen molar-refractivity contribution in [3.8, 4) is 5.75 Å². The zero-order valence-electron chi connectivity index (χ0n) is 10.9. The van der Waals surface area contributed by atoms with Gasteiger partial charge in [0.15, 0.2) is 0 Å². The van der Waals surface area contributed by atoms with Gasteiger partial charge in [-0.2, -0.15) is 0 Å². The molecule has 0 bridgehead atoms. The molecule has 0 heterocycles. The first-order valence-electron chi connectivity index (χ1n) is 5.84. The number of hydrogen-bond acceptors (Lipinski definition) is 2. The van der Waals surface area contributed by atoms with E-state index in [4.69, 9.17) is 9.47 Å². The number of rotatable bonds is 5. The van der Waals surface area contributed by atoms with Gasteiger partial charge in [-0.25, -0.2) is 0 Å². The van der Waals surface area contributed by atoms with Crippen LogP contribution in [-0.4, -0.2) is 13.4 Å². The van der Waals surface area contributed by atoms with Gasteiger partial charge in [0.05, 0.1) is 0 Å². The molecule has 0 aliphatic carbocycles. The second-order valence-electron chi connectivity index (χ2n) is 4.69. The Kier molecular flexibility index (Phi) is 4.81. The van der Waals surface area contributed by atoms with Gasteiger partial charge in [-0.3, -0.25) is 0 Å². The summed E-state index contributed by atoms with van der Waals surface area (Å²) in [6.45, 7) is 8.52. The molecule has 0 aliphatic rings. The molecule has 2 nitrogen and oxygen atoms in total. The molecule has 0 N–H and O–H groups in total. The number of methoxy groups -OCH3 is 1. The highest BCUT2D eigenvalue weighted by molar-refractivity contribution is 5.28. The van der Waals surface area contributed by atoms with Crippen molar-refractivity contribution >= 4 is 0 Å². The molecule has 0 aromatic heterocycles. The van der Waals surface area contributed by atoms with Crippen LogP contribution in [0.15, 0.2) is 24.3 Å². The van der Waals surface area contributed by atoms with E-state index in [2.05, 4.69) is 39.8 Å². The van der Waals surface area contributed by atoms with Crippen molar-refractivity contribution in [2.45, 2.75) is 39.9 Å². The predicted octanol–water partition coefficient (Wildman–Crippen LogP) is 3.82. The van der Waals surface area contributed by atoms with Crippen LogP contribution >= 0.6 is 0 Å². The third-order valence-electron chi connectivity index (χ3n) is 2.58. The Morgan fingerprint density at radius 1 is 0.938 bits per heavy atom. The summed E-state index contributed by atoms with van der Waals surface area (Å²) >= 11 is 0. The summed E-state index contributed by atoms with van der Waals surface area (Å²) in [5, 5.41) is 0. The van der Waals surface area contributed by atoms with Crippen LogP contribution in [0.2, 0.25) is 0 Å². The average Bonchev–Trinajstić information content (AvgIpc) is 2.26. The standard InChI is InChI=1S/C14H22O2/c1-10(2)12-6-8-13(9-7-12)16-14(15-5)11(3)4/h6-11,14H,1-5H3. The Morgan fingerprint density at radius 3 is 1.88 bits per heavy atom. The van der Waals surface area contributed by atoms with Gasteiger partial charge in [0.2, 0.25) is 6.29 Å². The Balaban J connectivity index is 2.67. The van der Waals surface area contributed by atoms with E-state index >= 15 is 0 Å². The van der Waals surface area contributed by atoms with Crippen LogP contribution in [0.3, 0.4) is 0 Å². The molecule has 1 aromatic rings. The molecule has 0 amide bonds. The van der Waals surface area contributed by atoms with E-state index < -0.39 is 0 Å². The van der Waals surface area contributed by atoms with Crippen molar-refractivity contribution in [3.63, 3.8) is 0 Å². The molecular weight excluding hydrogens is 200 g/mol. The monoisotopic (exact) mass is 222 g/mol. The van der Waals surface area contributed by atoms with Crippen molar-refractivity contribution in [2.24, 2.45) is 5.92 Å². The van der Waals surface area contributed by atoms with Crippen LogP contribution in [0.5, 0.6) is 5.75 Å². The summed E-state index contributed by atoms with van der Waals surface area (Å²) < 4.78 is 11.0. The lowest BCUT2D eigenvalue weighted by Gasteiger charge is -2.21. The minimum atomic E-state index is -0.176. The molecule has 1 atom stereocenters. The third-order valence-corrected chi connectivity index (χ3v) is 2.58. The lowest BCUT2D eigenvalue weighted by Crippen LogP contribution is -2.24. The minimum Gasteiger partial charge on any atom is -0.465 e. The van der Waals surface area contributed by atoms with E-state index in [1.807, 2.05) is 12.1 Å². The van der Waals surface area contributed by atoms with Crippen molar-refractivity contribution in [1.82, 2.24) is 0 Å². The van der Waals surface area contributed by atoms with Gasteiger partial charge in [-0.15, -0.1) is 0 Å². The molecule has 1 rings (SSSR count). The van der Waals surface area contributed by atoms with E-state index in [0.29, 0.717) is 11.8 Å². The normalized spacial score (nSPS) is 13.2. The van der Waals surface area contributed by atoms with Crippen molar-refractivity contribution in [2.75, 3.05) is 7.11 Å². The Bertz CT molecular complexity index is 301. The Labute approximate surface area is 98.6 Å². The molecule has 0 aliphatic heterocycles. The first-order valence-corrected chi connectivity index (χ1v) is 5.84. The van der Waals surface area contributed by atoms with Crippen LogP contribution in [-0.2, 0) is 4.74 Å². The van der Waals surface area contributed by atoms with Gasteiger partial charge < -0.3 is 9.47 Å². The summed E-state index contributed by atoms with van der Waals surface area (Å²) in [4.78, 5) is 0. The Morgan fingerprint density at radius 2 is 1.50 bits per heavy atom. The van der Waals surface area contributed by atoms with Gasteiger partial charge >= 0.3 is 0 Å². The fourth-order valence-electron chi connectivity index (χ4n) is 1.52. The second kappa shape index (κ2) is 5.90. The van der Waals surface area contributed by atoms with Crippen LogP contribution in [0, 0.1) is 5.92 Å². The van der Waals surface area contributed by atoms with E-state index in [9.17, 15) is 0 Å². The van der Waals surface area contributed by atoms with E-state index in [1.54, 1.807) is 7.11 Å². The largest absolute Gasteiger partial charge is 0.465 e. The third kappa shape index (κ3) is 3.53. The summed E-state index contributed by atoms with van der Waals surface area (Å²) in [5.74, 6) is 1.76. The molecule has 1 unspecified atom stereocenters. The first kappa shape index (κ1) is 13.0. The topological polar surface area (TPSA) is 18.5 Å². The van der Waals surface area contributed by atoms with Crippen LogP contribution in [0.4, 0.5) is 0 Å². The number of ether oxygens (including phenoxy) is 2. The average molecular weight is 222 g/mol. The molecule has 0 fully saturated rings. The summed E-state index contributed by atoms with van der Waals surface area (Å²) in [7, 11) is 1.67. The summed E-state index contributed by atoms with van der Waals surface area (Å²) in [6.07, 6.45) is -0.176. The van der Waals surface area contributed by atoms with Gasteiger partial charge in [0, 0.05) is 13.0 Å². The fourth-order valence-corrected chi connectivity index (χ4v) is 1.52. The molecule has 0 saturated heterocycles. The second-order valence-corrected chi connectivity index (χ2v) is 4.69. The quantitative estimate of drug-likeness (QED) is 0.705. The number of benzene rings is 1. The number of hydrogen-bond donors (Lipinski definition) is 0. The zero-order valence-corrected chi connectivity index (χ0v) is 10.9. The highest BCUT2D eigenvalue weighted by Gasteiger charge is 2.13. The zero-order chi connectivity index (χ0) is 12.1. The minimum absolute atomic E-state index is 0.176. The molecule has 2 heteroatoms. The van der Waals surface area contributed by atoms with E-state index in [0.717, 1.165) is 5.75 Å². The molecule has 90 valence electrons. The lowest BCUT2D eigenvalue weighted by molar-refractivity contribution is -0.0833. The molecule has 16 heavy (non-hydrogen) atoms. The fraction of sp³-hybridized carbons (Fsp3) is 0.571. The van der Waals surface area contributed by atoms with Crippen LogP contribution in [0.25, 0.3) is 0 Å². The Hall–Kier alpha value is -1.02. The van der Waals surface area contributed by atoms with E-state index in [1.165, 1.54) is 5.56 Å². The maximum Gasteiger partial charge on any atom is 0.201 e. The summed E-state index contributed by atoms with van der Waals surface area (Å²) in [5.41, 5.74) is 1.32. The van der Waals surface area contributed by atoms with Gasteiger partial charge in [-0.05, 0) is 23.6 Å². The van der Waals surface area contributed by atoms with Crippen molar-refractivity contribution in [1.29, 1.82) is 0 Å². The predicted molar refractivity (Wildman–Crippen MR) is 66.8 cm³/mol.